The predicted octanol–water partition coefficient (Wildman–Crippen LogP) is 6.53. The molecular formula is C28H29Cl2FN2O2S. The lowest BCUT2D eigenvalue weighted by Crippen LogP contribution is -2.52. The highest BCUT2D eigenvalue weighted by molar-refractivity contribution is 7.99. The SMILES string of the molecule is CC(C)NC(=O)C(Cc1ccccc1)N(Cc1c(Cl)cccc1Cl)C(=O)CSCc1ccccc1F. The number of benzene rings is 3. The second kappa shape index (κ2) is 13.7. The molecule has 0 bridgehead atoms. The van der Waals surface area contributed by atoms with Gasteiger partial charge in [-0.1, -0.05) is 77.8 Å². The summed E-state index contributed by atoms with van der Waals surface area (Å²) in [6.45, 7) is 3.82. The Morgan fingerprint density at radius 2 is 1.58 bits per heavy atom. The number of hydrogen-bond acceptors (Lipinski definition) is 3. The highest BCUT2D eigenvalue weighted by Crippen LogP contribution is 2.28. The van der Waals surface area contributed by atoms with Crippen molar-refractivity contribution >= 4 is 46.8 Å². The Bertz CT molecular complexity index is 1160. The van der Waals surface area contributed by atoms with Crippen LogP contribution in [0.2, 0.25) is 10.0 Å². The Morgan fingerprint density at radius 1 is 0.944 bits per heavy atom. The van der Waals surface area contributed by atoms with Crippen LogP contribution in [0.5, 0.6) is 0 Å². The van der Waals surface area contributed by atoms with Gasteiger partial charge < -0.3 is 10.2 Å². The molecule has 190 valence electrons. The van der Waals surface area contributed by atoms with Crippen LogP contribution in [0.15, 0.2) is 72.8 Å². The van der Waals surface area contributed by atoms with E-state index in [9.17, 15) is 14.0 Å². The molecule has 0 aromatic heterocycles. The van der Waals surface area contributed by atoms with E-state index in [1.54, 1.807) is 36.4 Å². The van der Waals surface area contributed by atoms with Crippen molar-refractivity contribution in [2.75, 3.05) is 5.75 Å². The molecule has 0 fully saturated rings. The summed E-state index contributed by atoms with van der Waals surface area (Å²) in [6.07, 6.45) is 0.325. The Kier molecular flexibility index (Phi) is 10.7. The molecule has 4 nitrogen and oxygen atoms in total. The van der Waals surface area contributed by atoms with Gasteiger partial charge in [-0.2, -0.15) is 0 Å². The summed E-state index contributed by atoms with van der Waals surface area (Å²) in [7, 11) is 0. The van der Waals surface area contributed by atoms with Gasteiger partial charge >= 0.3 is 0 Å². The first kappa shape index (κ1) is 28.0. The molecular weight excluding hydrogens is 518 g/mol. The molecule has 0 saturated heterocycles. The summed E-state index contributed by atoms with van der Waals surface area (Å²) in [4.78, 5) is 28.5. The number of nitrogens with zero attached hydrogens (tertiary/aromatic N) is 1. The van der Waals surface area contributed by atoms with Crippen LogP contribution in [-0.4, -0.2) is 34.6 Å². The Hall–Kier alpha value is -2.54. The van der Waals surface area contributed by atoms with E-state index in [1.165, 1.54) is 22.7 Å². The van der Waals surface area contributed by atoms with Crippen molar-refractivity contribution in [3.8, 4) is 0 Å². The van der Waals surface area contributed by atoms with Crippen LogP contribution in [0, 0.1) is 5.82 Å². The fourth-order valence-corrected chi connectivity index (χ4v) is 5.15. The van der Waals surface area contributed by atoms with Gasteiger partial charge in [0, 0.05) is 40.4 Å². The third-order valence-electron chi connectivity index (χ3n) is 5.53. The number of rotatable bonds is 11. The van der Waals surface area contributed by atoms with Crippen LogP contribution >= 0.6 is 35.0 Å². The Morgan fingerprint density at radius 3 is 2.22 bits per heavy atom. The topological polar surface area (TPSA) is 49.4 Å². The zero-order valence-electron chi connectivity index (χ0n) is 20.2. The molecule has 0 aliphatic rings. The van der Waals surface area contributed by atoms with Crippen LogP contribution in [0.1, 0.15) is 30.5 Å². The lowest BCUT2D eigenvalue weighted by atomic mass is 10.0. The molecule has 3 aromatic carbocycles. The van der Waals surface area contributed by atoms with Gasteiger partial charge in [-0.05, 0) is 43.2 Å². The highest BCUT2D eigenvalue weighted by Gasteiger charge is 2.31. The summed E-state index contributed by atoms with van der Waals surface area (Å²) < 4.78 is 14.1. The van der Waals surface area contributed by atoms with Crippen molar-refractivity contribution in [2.45, 2.75) is 44.6 Å². The smallest absolute Gasteiger partial charge is 0.243 e. The Balaban J connectivity index is 1.90. The molecule has 3 aromatic rings. The molecule has 8 heteroatoms. The maximum atomic E-state index is 14.1. The quantitative estimate of drug-likeness (QED) is 0.297. The van der Waals surface area contributed by atoms with E-state index in [-0.39, 0.29) is 36.0 Å². The molecule has 1 atom stereocenters. The fraction of sp³-hybridized carbons (Fsp3) is 0.286. The van der Waals surface area contributed by atoms with E-state index in [2.05, 4.69) is 5.32 Å². The third kappa shape index (κ3) is 7.99. The Labute approximate surface area is 226 Å². The lowest BCUT2D eigenvalue weighted by molar-refractivity contribution is -0.139. The molecule has 0 saturated carbocycles. The van der Waals surface area contributed by atoms with E-state index in [1.807, 2.05) is 44.2 Å². The maximum Gasteiger partial charge on any atom is 0.243 e. The zero-order chi connectivity index (χ0) is 26.1. The number of hydrogen-bond donors (Lipinski definition) is 1. The van der Waals surface area contributed by atoms with Crippen LogP contribution < -0.4 is 5.32 Å². The van der Waals surface area contributed by atoms with Crippen LogP contribution in [-0.2, 0) is 28.3 Å². The van der Waals surface area contributed by atoms with Gasteiger partial charge in [-0.15, -0.1) is 11.8 Å². The maximum absolute atomic E-state index is 14.1. The minimum absolute atomic E-state index is 0.0661. The van der Waals surface area contributed by atoms with Crippen molar-refractivity contribution in [1.82, 2.24) is 10.2 Å². The monoisotopic (exact) mass is 546 g/mol. The van der Waals surface area contributed by atoms with Crippen molar-refractivity contribution in [2.24, 2.45) is 0 Å². The number of carbonyl (C=O) groups is 2. The van der Waals surface area contributed by atoms with Crippen molar-refractivity contribution in [3.05, 3.63) is 105 Å². The molecule has 3 rings (SSSR count). The van der Waals surface area contributed by atoms with E-state index >= 15 is 0 Å². The first-order valence-corrected chi connectivity index (χ1v) is 13.5. The molecule has 36 heavy (non-hydrogen) atoms. The van der Waals surface area contributed by atoms with E-state index in [0.717, 1.165) is 5.56 Å². The standard InChI is InChI=1S/C28H29Cl2FN2O2S/c1-19(2)32-28(35)26(15-20-9-4-3-5-10-20)33(16-22-23(29)12-8-13-24(22)30)27(34)18-36-17-21-11-6-7-14-25(21)31/h3-14,19,26H,15-18H2,1-2H3,(H,32,35). The molecule has 1 N–H and O–H groups in total. The van der Waals surface area contributed by atoms with Crippen molar-refractivity contribution < 1.29 is 14.0 Å². The van der Waals surface area contributed by atoms with Gasteiger partial charge in [0.1, 0.15) is 11.9 Å². The van der Waals surface area contributed by atoms with Crippen LogP contribution in [0.3, 0.4) is 0 Å². The van der Waals surface area contributed by atoms with E-state index in [0.29, 0.717) is 33.3 Å². The second-order valence-corrected chi connectivity index (χ2v) is 10.5. The number of amides is 2. The summed E-state index contributed by atoms with van der Waals surface area (Å²) >= 11 is 14.2. The van der Waals surface area contributed by atoms with E-state index < -0.39 is 6.04 Å². The fourth-order valence-electron chi connectivity index (χ4n) is 3.74. The van der Waals surface area contributed by atoms with Gasteiger partial charge in [-0.3, -0.25) is 9.59 Å². The predicted molar refractivity (Wildman–Crippen MR) is 147 cm³/mol. The largest absolute Gasteiger partial charge is 0.352 e. The third-order valence-corrected chi connectivity index (χ3v) is 7.21. The number of thioether (sulfide) groups is 1. The van der Waals surface area contributed by atoms with Gasteiger partial charge in [0.15, 0.2) is 0 Å². The molecule has 0 aliphatic heterocycles. The summed E-state index contributed by atoms with van der Waals surface area (Å²) in [6, 6.07) is 20.3. The van der Waals surface area contributed by atoms with Gasteiger partial charge in [0.05, 0.1) is 5.75 Å². The average Bonchev–Trinajstić information content (AvgIpc) is 2.84. The minimum atomic E-state index is -0.788. The normalized spacial score (nSPS) is 11.8. The van der Waals surface area contributed by atoms with Crippen molar-refractivity contribution in [1.29, 1.82) is 0 Å². The number of halogens is 3. The molecule has 1 unspecified atom stereocenters. The summed E-state index contributed by atoms with van der Waals surface area (Å²) in [5.41, 5.74) is 2.02. The first-order valence-electron chi connectivity index (χ1n) is 11.6. The molecule has 0 aliphatic carbocycles. The highest BCUT2D eigenvalue weighted by atomic mass is 35.5. The van der Waals surface area contributed by atoms with Crippen molar-refractivity contribution in [3.63, 3.8) is 0 Å². The van der Waals surface area contributed by atoms with Crippen LogP contribution in [0.25, 0.3) is 0 Å². The lowest BCUT2D eigenvalue weighted by Gasteiger charge is -2.32. The van der Waals surface area contributed by atoms with E-state index in [4.69, 9.17) is 23.2 Å². The molecule has 0 radical (unpaired) electrons. The van der Waals surface area contributed by atoms with Gasteiger partial charge in [0.25, 0.3) is 0 Å². The number of carbonyl (C=O) groups excluding carboxylic acids is 2. The van der Waals surface area contributed by atoms with Gasteiger partial charge in [-0.25, -0.2) is 4.39 Å². The van der Waals surface area contributed by atoms with Gasteiger partial charge in [0.2, 0.25) is 11.8 Å². The van der Waals surface area contributed by atoms with Crippen LogP contribution in [0.4, 0.5) is 4.39 Å². The summed E-state index contributed by atoms with van der Waals surface area (Å²) in [5, 5.41) is 3.78. The second-order valence-electron chi connectivity index (χ2n) is 8.67. The molecule has 0 spiro atoms. The number of nitrogens with one attached hydrogen (secondary N) is 1. The first-order chi connectivity index (χ1) is 17.3. The minimum Gasteiger partial charge on any atom is -0.352 e. The average molecular weight is 548 g/mol. The summed E-state index contributed by atoms with van der Waals surface area (Å²) in [5.74, 6) is -0.427. The zero-order valence-corrected chi connectivity index (χ0v) is 22.5. The molecule has 2 amide bonds. The molecule has 0 heterocycles.